The monoisotopic (exact) mass is 285 g/mol. The molecule has 2 heterocycles. The smallest absolute Gasteiger partial charge is 0.337 e. The maximum absolute atomic E-state index is 11.8. The van der Waals surface area contributed by atoms with Crippen molar-refractivity contribution in [1.82, 2.24) is 10.3 Å². The first-order chi connectivity index (χ1) is 10.0. The zero-order valence-electron chi connectivity index (χ0n) is 10.9. The number of aromatic nitrogens is 1. The number of anilines is 1. The highest BCUT2D eigenvalue weighted by Crippen LogP contribution is 2.23. The number of imide groups is 1. The van der Waals surface area contributed by atoms with E-state index in [2.05, 4.69) is 10.3 Å². The minimum atomic E-state index is -1.04. The second-order valence-corrected chi connectivity index (χ2v) is 4.66. The van der Waals surface area contributed by atoms with Crippen molar-refractivity contribution in [1.29, 1.82) is 0 Å². The molecule has 2 N–H and O–H groups in total. The number of carbonyl (C=O) groups is 3. The molecule has 0 saturated carbocycles. The summed E-state index contributed by atoms with van der Waals surface area (Å²) in [6, 6.07) is 6.15. The van der Waals surface area contributed by atoms with Gasteiger partial charge in [0.2, 0.25) is 5.91 Å². The molecule has 3 rings (SSSR count). The van der Waals surface area contributed by atoms with Crippen molar-refractivity contribution in [2.24, 2.45) is 0 Å². The second-order valence-electron chi connectivity index (χ2n) is 4.66. The summed E-state index contributed by atoms with van der Waals surface area (Å²) in [4.78, 5) is 39.4. The van der Waals surface area contributed by atoms with Crippen LogP contribution in [0.4, 0.5) is 10.5 Å². The number of aromatic carboxylic acids is 1. The molecule has 0 atom stereocenters. The van der Waals surface area contributed by atoms with E-state index in [9.17, 15) is 14.4 Å². The second kappa shape index (κ2) is 4.86. The van der Waals surface area contributed by atoms with Crippen LogP contribution in [0, 0.1) is 0 Å². The Labute approximate surface area is 119 Å². The molecule has 0 bridgehead atoms. The van der Waals surface area contributed by atoms with Crippen LogP contribution < -0.4 is 10.2 Å². The Morgan fingerprint density at radius 3 is 2.81 bits per heavy atom. The van der Waals surface area contributed by atoms with Crippen molar-refractivity contribution in [3.05, 3.63) is 36.0 Å². The number of urea groups is 1. The first kappa shape index (κ1) is 13.0. The van der Waals surface area contributed by atoms with Gasteiger partial charge in [0.05, 0.1) is 11.1 Å². The number of hydrogen-bond acceptors (Lipinski definition) is 4. The fraction of sp³-hybridized carbons (Fsp3) is 0.143. The lowest BCUT2D eigenvalue weighted by atomic mass is 10.1. The highest BCUT2D eigenvalue weighted by atomic mass is 16.4. The predicted molar refractivity (Wildman–Crippen MR) is 74.2 cm³/mol. The third-order valence-electron chi connectivity index (χ3n) is 3.28. The van der Waals surface area contributed by atoms with Gasteiger partial charge in [-0.15, -0.1) is 0 Å². The molecule has 7 heteroatoms. The lowest BCUT2D eigenvalue weighted by Crippen LogP contribution is -2.49. The number of nitrogens with zero attached hydrogens (tertiary/aromatic N) is 2. The molecule has 1 saturated heterocycles. The largest absolute Gasteiger partial charge is 0.478 e. The molecule has 0 spiro atoms. The Morgan fingerprint density at radius 1 is 1.29 bits per heavy atom. The van der Waals surface area contributed by atoms with Gasteiger partial charge in [0.15, 0.2) is 0 Å². The average molecular weight is 285 g/mol. The molecule has 0 radical (unpaired) electrons. The van der Waals surface area contributed by atoms with Crippen LogP contribution in [0.1, 0.15) is 16.8 Å². The summed E-state index contributed by atoms with van der Waals surface area (Å²) in [7, 11) is 0. The van der Waals surface area contributed by atoms with Gasteiger partial charge in [-0.25, -0.2) is 9.59 Å². The maximum Gasteiger partial charge on any atom is 0.337 e. The highest BCUT2D eigenvalue weighted by molar-refractivity contribution is 6.06. The molecule has 1 aliphatic rings. The van der Waals surface area contributed by atoms with Crippen molar-refractivity contribution >= 4 is 34.5 Å². The summed E-state index contributed by atoms with van der Waals surface area (Å²) in [5, 5.41) is 11.9. The van der Waals surface area contributed by atoms with Gasteiger partial charge in [0.1, 0.15) is 0 Å². The summed E-state index contributed by atoms with van der Waals surface area (Å²) < 4.78 is 0. The van der Waals surface area contributed by atoms with Crippen LogP contribution in [-0.2, 0) is 4.79 Å². The third kappa shape index (κ3) is 2.40. The highest BCUT2D eigenvalue weighted by Gasteiger charge is 2.24. The topological polar surface area (TPSA) is 99.6 Å². The molecule has 106 valence electrons. The van der Waals surface area contributed by atoms with Crippen LogP contribution in [0.2, 0.25) is 0 Å². The van der Waals surface area contributed by atoms with E-state index >= 15 is 0 Å². The molecule has 1 aromatic heterocycles. The van der Waals surface area contributed by atoms with Gasteiger partial charge >= 0.3 is 12.0 Å². The van der Waals surface area contributed by atoms with E-state index in [0.29, 0.717) is 23.1 Å². The van der Waals surface area contributed by atoms with Crippen molar-refractivity contribution in [3.8, 4) is 0 Å². The minimum Gasteiger partial charge on any atom is -0.478 e. The van der Waals surface area contributed by atoms with E-state index in [1.165, 1.54) is 17.2 Å². The molecule has 1 aliphatic heterocycles. The molecule has 1 aromatic carbocycles. The fourth-order valence-corrected chi connectivity index (χ4v) is 2.21. The van der Waals surface area contributed by atoms with Crippen molar-refractivity contribution < 1.29 is 19.5 Å². The van der Waals surface area contributed by atoms with Crippen LogP contribution >= 0.6 is 0 Å². The predicted octanol–water partition coefficient (Wildman–Crippen LogP) is 1.38. The first-order valence-electron chi connectivity index (χ1n) is 6.29. The number of nitrogens with one attached hydrogen (secondary N) is 1. The SMILES string of the molecule is O=C1CCN(c2ccc3cc(C(=O)O)cnc3c2)C(=O)N1. The van der Waals surface area contributed by atoms with Crippen LogP contribution in [0.3, 0.4) is 0 Å². The van der Waals surface area contributed by atoms with E-state index in [1.807, 2.05) is 0 Å². The van der Waals surface area contributed by atoms with Crippen molar-refractivity contribution in [2.75, 3.05) is 11.4 Å². The van der Waals surface area contributed by atoms with E-state index in [-0.39, 0.29) is 17.9 Å². The Kier molecular flexibility index (Phi) is 3.02. The number of fused-ring (bicyclic) bond motifs is 1. The maximum atomic E-state index is 11.8. The normalized spacial score (nSPS) is 15.1. The van der Waals surface area contributed by atoms with E-state index in [0.717, 1.165) is 0 Å². The number of carboxylic acids is 1. The van der Waals surface area contributed by atoms with Gasteiger partial charge in [-0.3, -0.25) is 20.0 Å². The Morgan fingerprint density at radius 2 is 2.10 bits per heavy atom. The van der Waals surface area contributed by atoms with Gasteiger partial charge in [0.25, 0.3) is 0 Å². The fourth-order valence-electron chi connectivity index (χ4n) is 2.21. The van der Waals surface area contributed by atoms with Crippen LogP contribution in [0.15, 0.2) is 30.5 Å². The third-order valence-corrected chi connectivity index (χ3v) is 3.28. The molecule has 7 nitrogen and oxygen atoms in total. The Bertz CT molecular complexity index is 772. The number of benzene rings is 1. The van der Waals surface area contributed by atoms with Gasteiger partial charge in [-0.05, 0) is 18.2 Å². The number of amides is 3. The molecule has 0 unspecified atom stereocenters. The first-order valence-corrected chi connectivity index (χ1v) is 6.29. The van der Waals surface area contributed by atoms with Gasteiger partial charge < -0.3 is 5.11 Å². The zero-order chi connectivity index (χ0) is 15.0. The summed E-state index contributed by atoms with van der Waals surface area (Å²) in [6.07, 6.45) is 1.52. The number of pyridine rings is 1. The minimum absolute atomic E-state index is 0.108. The standard InChI is InChI=1S/C14H11N3O4/c18-12-3-4-17(14(21)16-12)10-2-1-8-5-9(13(19)20)7-15-11(8)6-10/h1-2,5-7H,3-4H2,(H,19,20)(H,16,18,21). The van der Waals surface area contributed by atoms with Gasteiger partial charge in [-0.1, -0.05) is 6.07 Å². The Balaban J connectivity index is 1.98. The van der Waals surface area contributed by atoms with Crippen LogP contribution in [0.25, 0.3) is 10.9 Å². The van der Waals surface area contributed by atoms with Crippen LogP contribution in [0.5, 0.6) is 0 Å². The lowest BCUT2D eigenvalue weighted by molar-refractivity contribution is -0.120. The van der Waals surface area contributed by atoms with Crippen molar-refractivity contribution in [2.45, 2.75) is 6.42 Å². The summed E-state index contributed by atoms with van der Waals surface area (Å²) >= 11 is 0. The summed E-state index contributed by atoms with van der Waals surface area (Å²) in [6.45, 7) is 0.309. The lowest BCUT2D eigenvalue weighted by Gasteiger charge is -2.26. The molecule has 1 fully saturated rings. The molecule has 3 amide bonds. The van der Waals surface area contributed by atoms with Crippen LogP contribution in [-0.4, -0.2) is 34.5 Å². The number of rotatable bonds is 2. The average Bonchev–Trinajstić information content (AvgIpc) is 2.46. The summed E-state index contributed by atoms with van der Waals surface area (Å²) in [5.41, 5.74) is 1.31. The van der Waals surface area contributed by atoms with Crippen molar-refractivity contribution in [3.63, 3.8) is 0 Å². The summed E-state index contributed by atoms with van der Waals surface area (Å²) in [5.74, 6) is -1.33. The van der Waals surface area contributed by atoms with E-state index in [1.54, 1.807) is 18.2 Å². The van der Waals surface area contributed by atoms with E-state index < -0.39 is 12.0 Å². The zero-order valence-corrected chi connectivity index (χ0v) is 10.9. The number of hydrogen-bond donors (Lipinski definition) is 2. The molecular formula is C14H11N3O4. The number of carbonyl (C=O) groups excluding carboxylic acids is 2. The Hall–Kier alpha value is -2.96. The van der Waals surface area contributed by atoms with E-state index in [4.69, 9.17) is 5.11 Å². The molecule has 21 heavy (non-hydrogen) atoms. The molecule has 0 aliphatic carbocycles. The van der Waals surface area contributed by atoms with Gasteiger partial charge in [-0.2, -0.15) is 0 Å². The molecule has 2 aromatic rings. The number of carboxylic acid groups (broad SMARTS) is 1. The van der Waals surface area contributed by atoms with Gasteiger partial charge in [0, 0.05) is 30.2 Å². The quantitative estimate of drug-likeness (QED) is 0.868. The molecular weight excluding hydrogens is 274 g/mol.